The molecule has 1 heterocycles. The van der Waals surface area contributed by atoms with Crippen LogP contribution in [0, 0.1) is 6.92 Å². The van der Waals surface area contributed by atoms with E-state index in [0.29, 0.717) is 18.5 Å². The molecule has 1 aromatic heterocycles. The van der Waals surface area contributed by atoms with Crippen molar-refractivity contribution in [2.45, 2.75) is 32.2 Å². The number of aryl methyl sites for hydroxylation is 1. The van der Waals surface area contributed by atoms with Crippen LogP contribution >= 0.6 is 0 Å². The first-order chi connectivity index (χ1) is 16.9. The van der Waals surface area contributed by atoms with Crippen molar-refractivity contribution in [1.29, 1.82) is 0 Å². The van der Waals surface area contributed by atoms with E-state index in [1.165, 1.54) is 0 Å². The number of aromatic nitrogens is 1. The minimum Gasteiger partial charge on any atom is -0.481 e. The van der Waals surface area contributed by atoms with Gasteiger partial charge in [0.1, 0.15) is 5.82 Å². The fourth-order valence-electron chi connectivity index (χ4n) is 3.58. The molecule has 3 aromatic rings. The fourth-order valence-corrected chi connectivity index (χ4v) is 3.58. The van der Waals surface area contributed by atoms with Crippen LogP contribution in [0.25, 0.3) is 11.1 Å². The van der Waals surface area contributed by atoms with E-state index in [0.717, 1.165) is 22.5 Å². The Hall–Kier alpha value is -3.20. The van der Waals surface area contributed by atoms with E-state index in [1.54, 1.807) is 6.20 Å². The van der Waals surface area contributed by atoms with E-state index in [2.05, 4.69) is 20.9 Å². The maximum atomic E-state index is 12.4. The zero-order valence-electron chi connectivity index (χ0n) is 20.7. The molecule has 0 aliphatic rings. The average molecular weight is 498 g/mol. The van der Waals surface area contributed by atoms with Gasteiger partial charge < -0.3 is 21.1 Å². The Kier molecular flexibility index (Phi) is 12.1. The summed E-state index contributed by atoms with van der Waals surface area (Å²) in [5.41, 5.74) is 3.82. The van der Waals surface area contributed by atoms with Crippen molar-refractivity contribution in [3.63, 3.8) is 0 Å². The van der Waals surface area contributed by atoms with Crippen LogP contribution in [0.5, 0.6) is 0 Å². The molecule has 2 amide bonds. The molecule has 0 fully saturated rings. The van der Waals surface area contributed by atoms with E-state index in [-0.39, 0.29) is 54.9 Å². The number of amides is 2. The third-order valence-electron chi connectivity index (χ3n) is 5.38. The van der Waals surface area contributed by atoms with Crippen LogP contribution in [0.3, 0.4) is 0 Å². The number of hydrogen-bond donors (Lipinski definition) is 4. The maximum Gasteiger partial charge on any atom is 0.305 e. The van der Waals surface area contributed by atoms with Crippen LogP contribution in [0.2, 0.25) is 0 Å². The van der Waals surface area contributed by atoms with Gasteiger partial charge >= 0.3 is 5.97 Å². The summed E-state index contributed by atoms with van der Waals surface area (Å²) < 4.78 is 0. The van der Waals surface area contributed by atoms with Crippen LogP contribution in [-0.4, -0.2) is 70.5 Å². The summed E-state index contributed by atoms with van der Waals surface area (Å²) in [5.74, 6) is -0.965. The van der Waals surface area contributed by atoms with Crippen molar-refractivity contribution < 1.29 is 19.5 Å². The Balaban J connectivity index is 0.00000456. The van der Waals surface area contributed by atoms with Gasteiger partial charge in [-0.1, -0.05) is 54.6 Å². The van der Waals surface area contributed by atoms with Gasteiger partial charge in [0.15, 0.2) is 0 Å². The van der Waals surface area contributed by atoms with Crippen molar-refractivity contribution >= 4 is 53.2 Å². The molecule has 0 saturated heterocycles. The Bertz CT molecular complexity index is 1140. The van der Waals surface area contributed by atoms with E-state index >= 15 is 0 Å². The predicted molar refractivity (Wildman–Crippen MR) is 140 cm³/mol. The average Bonchev–Trinajstić information content (AvgIpc) is 2.85. The van der Waals surface area contributed by atoms with E-state index in [1.807, 2.05) is 73.7 Å². The number of carbonyl (C=O) groups excluding carboxylic acids is 2. The summed E-state index contributed by atoms with van der Waals surface area (Å²) in [4.78, 5) is 40.1. The molecule has 1 radical (unpaired) electrons. The minimum atomic E-state index is -1.03. The number of carboxylic acids is 1. The van der Waals surface area contributed by atoms with Crippen LogP contribution < -0.4 is 16.0 Å². The van der Waals surface area contributed by atoms with Gasteiger partial charge in [-0.3, -0.25) is 14.4 Å². The molecule has 183 valence electrons. The Labute approximate surface area is 233 Å². The predicted octanol–water partition coefficient (Wildman–Crippen LogP) is 3.32. The van der Waals surface area contributed by atoms with Gasteiger partial charge in [-0.25, -0.2) is 4.98 Å². The van der Waals surface area contributed by atoms with Gasteiger partial charge in [0, 0.05) is 48.7 Å². The normalized spacial score (nSPS) is 11.0. The molecule has 3 rings (SSSR count). The first-order valence-electron chi connectivity index (χ1n) is 11.5. The second-order valence-corrected chi connectivity index (χ2v) is 8.23. The first-order valence-corrected chi connectivity index (χ1v) is 11.5. The third kappa shape index (κ3) is 9.81. The number of anilines is 1. The van der Waals surface area contributed by atoms with Crippen molar-refractivity contribution in [2.75, 3.05) is 18.4 Å². The summed E-state index contributed by atoms with van der Waals surface area (Å²) >= 11 is 0. The molecule has 0 saturated carbocycles. The number of carboxylic acid groups (broad SMARTS) is 1. The van der Waals surface area contributed by atoms with Gasteiger partial charge in [-0.15, -0.1) is 0 Å². The van der Waals surface area contributed by atoms with Crippen molar-refractivity contribution in [2.24, 2.45) is 0 Å². The van der Waals surface area contributed by atoms with Gasteiger partial charge in [0.25, 0.3) is 0 Å². The zero-order chi connectivity index (χ0) is 25.0. The molecule has 2 aromatic carbocycles. The summed E-state index contributed by atoms with van der Waals surface area (Å²) in [5, 5.41) is 17.8. The van der Waals surface area contributed by atoms with E-state index in [4.69, 9.17) is 0 Å². The van der Waals surface area contributed by atoms with Crippen molar-refractivity contribution in [3.8, 4) is 11.1 Å². The largest absolute Gasteiger partial charge is 0.481 e. The van der Waals surface area contributed by atoms with Gasteiger partial charge in [-0.2, -0.15) is 0 Å². The van der Waals surface area contributed by atoms with Crippen LogP contribution in [0.4, 0.5) is 5.82 Å². The monoisotopic (exact) mass is 497 g/mol. The number of hydrogen-bond acceptors (Lipinski definition) is 5. The summed E-state index contributed by atoms with van der Waals surface area (Å²) in [7, 11) is 0. The second kappa shape index (κ2) is 15.0. The van der Waals surface area contributed by atoms with E-state index < -0.39 is 17.9 Å². The third-order valence-corrected chi connectivity index (χ3v) is 5.38. The molecule has 9 heteroatoms. The maximum absolute atomic E-state index is 12.4. The number of benzene rings is 2. The summed E-state index contributed by atoms with van der Waals surface area (Å²) in [6, 6.07) is 20.4. The second-order valence-electron chi connectivity index (χ2n) is 8.23. The number of pyridine rings is 1. The molecule has 36 heavy (non-hydrogen) atoms. The number of nitrogens with zero attached hydrogens (tertiary/aromatic N) is 1. The first kappa shape index (κ1) is 29.0. The number of rotatable bonds is 12. The minimum absolute atomic E-state index is 0. The van der Waals surface area contributed by atoms with Gasteiger partial charge in [-0.05, 0) is 47.7 Å². The van der Waals surface area contributed by atoms with Crippen molar-refractivity contribution in [1.82, 2.24) is 15.6 Å². The number of carbonyl (C=O) groups is 3. The Morgan fingerprint density at radius 1 is 0.944 bits per heavy atom. The van der Waals surface area contributed by atoms with Crippen LogP contribution in [-0.2, 0) is 14.4 Å². The molecular weight excluding hydrogens is 467 g/mol. The molecule has 0 aliphatic heterocycles. The molecule has 8 nitrogen and oxygen atoms in total. The SMILES string of the molecule is Cc1ccnc(NCCCC(=O)NCC(=O)NC(CC(=O)O)c2ccc(-c3ccccc3)cc2)c1.[Na]. The fraction of sp³-hybridized carbons (Fsp3) is 0.259. The molecule has 0 bridgehead atoms. The Morgan fingerprint density at radius 2 is 1.64 bits per heavy atom. The molecule has 0 aliphatic carbocycles. The van der Waals surface area contributed by atoms with Gasteiger partial charge in [0.2, 0.25) is 11.8 Å². The molecule has 1 atom stereocenters. The molecule has 0 spiro atoms. The van der Waals surface area contributed by atoms with Crippen LogP contribution in [0.1, 0.15) is 36.4 Å². The van der Waals surface area contributed by atoms with E-state index in [9.17, 15) is 19.5 Å². The summed E-state index contributed by atoms with van der Waals surface area (Å²) in [6.07, 6.45) is 2.30. The number of nitrogens with one attached hydrogen (secondary N) is 3. The topological polar surface area (TPSA) is 120 Å². The number of aliphatic carboxylic acids is 1. The van der Waals surface area contributed by atoms with Gasteiger partial charge in [0.05, 0.1) is 19.0 Å². The van der Waals surface area contributed by atoms with Crippen molar-refractivity contribution in [3.05, 3.63) is 84.1 Å². The molecule has 4 N–H and O–H groups in total. The zero-order valence-corrected chi connectivity index (χ0v) is 22.7. The summed E-state index contributed by atoms with van der Waals surface area (Å²) in [6.45, 7) is 2.34. The Morgan fingerprint density at radius 3 is 2.31 bits per heavy atom. The van der Waals surface area contributed by atoms with Crippen LogP contribution in [0.15, 0.2) is 72.9 Å². The molecular formula is C27H30N4NaO4. The molecule has 1 unspecified atom stereocenters. The smallest absolute Gasteiger partial charge is 0.305 e. The quantitative estimate of drug-likeness (QED) is 0.225. The standard InChI is InChI=1S/C27H30N4O4.Na/c1-19-13-15-29-24(16-19)28-14-5-8-25(32)30-18-26(33)31-23(17-27(34)35)22-11-9-21(10-12-22)20-6-3-2-4-7-20;/h2-4,6-7,9-13,15-16,23H,5,8,14,17-18H2,1H3,(H,28,29)(H,30,32)(H,31,33)(H,34,35);.